The van der Waals surface area contributed by atoms with Gasteiger partial charge in [0.15, 0.2) is 0 Å². The van der Waals surface area contributed by atoms with Crippen LogP contribution in [0, 0.1) is 0 Å². The maximum atomic E-state index is 12.8. The van der Waals surface area contributed by atoms with Crippen molar-refractivity contribution in [3.05, 3.63) is 69.6 Å². The van der Waals surface area contributed by atoms with Crippen LogP contribution in [0.15, 0.2) is 47.4 Å². The lowest BCUT2D eigenvalue weighted by Gasteiger charge is -2.26. The Labute approximate surface area is 163 Å². The average molecular weight is 383 g/mol. The highest BCUT2D eigenvalue weighted by atomic mass is 16.3. The Bertz CT molecular complexity index is 908. The van der Waals surface area contributed by atoms with E-state index >= 15 is 0 Å². The van der Waals surface area contributed by atoms with Gasteiger partial charge >= 0.3 is 0 Å². The smallest absolute Gasteiger partial charge is 0.263 e. The molecule has 0 radical (unpaired) electrons. The second-order valence-electron chi connectivity index (χ2n) is 7.13. The summed E-state index contributed by atoms with van der Waals surface area (Å²) in [5.41, 5.74) is 0.609. The Balaban J connectivity index is 1.91. The van der Waals surface area contributed by atoms with Crippen molar-refractivity contribution in [2.75, 3.05) is 7.05 Å². The number of carbonyl (C=O) groups is 2. The molecule has 0 spiro atoms. The minimum Gasteiger partial charge on any atom is -0.393 e. The van der Waals surface area contributed by atoms with Gasteiger partial charge in [0.1, 0.15) is 5.56 Å². The lowest BCUT2D eigenvalue weighted by Crippen LogP contribution is -2.40. The zero-order chi connectivity index (χ0) is 20.1. The molecular formula is C21H25N3O4. The lowest BCUT2D eigenvalue weighted by atomic mass is 9.93. The van der Waals surface area contributed by atoms with E-state index in [1.807, 2.05) is 30.3 Å². The summed E-state index contributed by atoms with van der Waals surface area (Å²) in [6, 6.07) is 10.6. The SMILES string of the molecule is CNC(=O)c1cc(C(=O)NC2CCCC(O)C2)cn(Cc2ccccc2)c1=O. The minimum absolute atomic E-state index is 0.0743. The van der Waals surface area contributed by atoms with E-state index in [0.29, 0.717) is 6.42 Å². The van der Waals surface area contributed by atoms with Crippen LogP contribution in [0.5, 0.6) is 0 Å². The number of hydrogen-bond acceptors (Lipinski definition) is 4. The summed E-state index contributed by atoms with van der Waals surface area (Å²) in [5, 5.41) is 15.2. The van der Waals surface area contributed by atoms with Gasteiger partial charge in [-0.15, -0.1) is 0 Å². The van der Waals surface area contributed by atoms with E-state index in [9.17, 15) is 19.5 Å². The number of aliphatic hydroxyl groups excluding tert-OH is 1. The molecule has 1 aliphatic carbocycles. The molecule has 148 valence electrons. The van der Waals surface area contributed by atoms with Gasteiger partial charge in [0, 0.05) is 19.3 Å². The van der Waals surface area contributed by atoms with E-state index in [1.54, 1.807) is 0 Å². The van der Waals surface area contributed by atoms with Crippen molar-refractivity contribution in [1.29, 1.82) is 0 Å². The third kappa shape index (κ3) is 4.67. The first kappa shape index (κ1) is 19.8. The molecule has 7 heteroatoms. The van der Waals surface area contributed by atoms with Gasteiger partial charge < -0.3 is 20.3 Å². The van der Waals surface area contributed by atoms with Crippen molar-refractivity contribution in [2.45, 2.75) is 44.4 Å². The van der Waals surface area contributed by atoms with Gasteiger partial charge in [-0.3, -0.25) is 14.4 Å². The molecule has 1 aromatic carbocycles. The number of benzene rings is 1. The maximum absolute atomic E-state index is 12.8. The van der Waals surface area contributed by atoms with Crippen LogP contribution in [0.3, 0.4) is 0 Å². The molecule has 0 aliphatic heterocycles. The van der Waals surface area contributed by atoms with Crippen LogP contribution in [0.1, 0.15) is 52.0 Å². The zero-order valence-corrected chi connectivity index (χ0v) is 15.9. The van der Waals surface area contributed by atoms with Gasteiger partial charge in [-0.1, -0.05) is 30.3 Å². The summed E-state index contributed by atoms with van der Waals surface area (Å²) in [7, 11) is 1.44. The standard InChI is InChI=1S/C21H25N3O4/c1-22-20(27)18-10-15(19(26)23-16-8-5-9-17(25)11-16)13-24(21(18)28)12-14-6-3-2-4-7-14/h2-4,6-7,10,13,16-17,25H,5,8-9,11-12H2,1H3,(H,22,27)(H,23,26). The number of aromatic nitrogens is 1. The highest BCUT2D eigenvalue weighted by Gasteiger charge is 2.23. The van der Waals surface area contributed by atoms with Crippen LogP contribution >= 0.6 is 0 Å². The largest absolute Gasteiger partial charge is 0.393 e. The third-order valence-electron chi connectivity index (χ3n) is 5.00. The van der Waals surface area contributed by atoms with E-state index in [1.165, 1.54) is 23.9 Å². The third-order valence-corrected chi connectivity index (χ3v) is 5.00. The fraction of sp³-hybridized carbons (Fsp3) is 0.381. The topological polar surface area (TPSA) is 100 Å². The molecule has 2 amide bonds. The first-order chi connectivity index (χ1) is 13.5. The molecule has 1 aliphatic rings. The number of aliphatic hydroxyl groups is 1. The Kier molecular flexibility index (Phi) is 6.26. The summed E-state index contributed by atoms with van der Waals surface area (Å²) >= 11 is 0. The number of amides is 2. The lowest BCUT2D eigenvalue weighted by molar-refractivity contribution is 0.0849. The molecule has 3 rings (SSSR count). The highest BCUT2D eigenvalue weighted by Crippen LogP contribution is 2.18. The van der Waals surface area contributed by atoms with Crippen molar-refractivity contribution in [3.8, 4) is 0 Å². The number of pyridine rings is 1. The number of rotatable bonds is 5. The summed E-state index contributed by atoms with van der Waals surface area (Å²) in [5.74, 6) is -0.888. The van der Waals surface area contributed by atoms with Gasteiger partial charge in [0.05, 0.1) is 18.2 Å². The van der Waals surface area contributed by atoms with Gasteiger partial charge in [-0.05, 0) is 37.3 Å². The van der Waals surface area contributed by atoms with Crippen LogP contribution in [0.2, 0.25) is 0 Å². The van der Waals surface area contributed by atoms with Gasteiger partial charge in [0.25, 0.3) is 17.4 Å². The van der Waals surface area contributed by atoms with E-state index in [2.05, 4.69) is 10.6 Å². The number of nitrogens with one attached hydrogen (secondary N) is 2. The molecule has 1 aromatic heterocycles. The molecular weight excluding hydrogens is 358 g/mol. The monoisotopic (exact) mass is 383 g/mol. The first-order valence-electron chi connectivity index (χ1n) is 9.47. The maximum Gasteiger partial charge on any atom is 0.263 e. The van der Waals surface area contributed by atoms with E-state index in [4.69, 9.17) is 0 Å². The number of hydrogen-bond donors (Lipinski definition) is 3. The summed E-state index contributed by atoms with van der Waals surface area (Å²) in [4.78, 5) is 37.6. The molecule has 1 fully saturated rings. The van der Waals surface area contributed by atoms with Gasteiger partial charge in [-0.25, -0.2) is 0 Å². The Morgan fingerprint density at radius 1 is 1.18 bits per heavy atom. The van der Waals surface area contributed by atoms with Gasteiger partial charge in [-0.2, -0.15) is 0 Å². The normalized spacial score (nSPS) is 19.1. The van der Waals surface area contributed by atoms with Crippen molar-refractivity contribution in [1.82, 2.24) is 15.2 Å². The first-order valence-corrected chi connectivity index (χ1v) is 9.47. The van der Waals surface area contributed by atoms with Gasteiger partial charge in [0.2, 0.25) is 0 Å². The van der Waals surface area contributed by atoms with Crippen molar-refractivity contribution >= 4 is 11.8 Å². The Hall–Kier alpha value is -2.93. The second-order valence-corrected chi connectivity index (χ2v) is 7.13. The zero-order valence-electron chi connectivity index (χ0n) is 15.9. The van der Waals surface area contributed by atoms with Crippen LogP contribution in [-0.4, -0.2) is 40.7 Å². The predicted octanol–water partition coefficient (Wildman–Crippen LogP) is 1.29. The number of carbonyl (C=O) groups excluding carboxylic acids is 2. The average Bonchev–Trinajstić information content (AvgIpc) is 2.69. The molecule has 0 saturated heterocycles. The molecule has 3 N–H and O–H groups in total. The van der Waals surface area contributed by atoms with Crippen LogP contribution in [-0.2, 0) is 6.54 Å². The van der Waals surface area contributed by atoms with Crippen molar-refractivity contribution < 1.29 is 14.7 Å². The van der Waals surface area contributed by atoms with E-state index in [-0.39, 0.29) is 29.6 Å². The quantitative estimate of drug-likeness (QED) is 0.724. The summed E-state index contributed by atoms with van der Waals surface area (Å²) < 4.78 is 1.38. The Morgan fingerprint density at radius 3 is 2.61 bits per heavy atom. The van der Waals surface area contributed by atoms with E-state index < -0.39 is 17.6 Å². The fourth-order valence-electron chi connectivity index (χ4n) is 3.52. The van der Waals surface area contributed by atoms with Crippen LogP contribution in [0.25, 0.3) is 0 Å². The number of nitrogens with zero attached hydrogens (tertiary/aromatic N) is 1. The molecule has 2 atom stereocenters. The van der Waals surface area contributed by atoms with Crippen LogP contribution in [0.4, 0.5) is 0 Å². The molecule has 2 aromatic rings. The molecule has 28 heavy (non-hydrogen) atoms. The molecule has 1 heterocycles. The molecule has 2 unspecified atom stereocenters. The minimum atomic E-state index is -0.533. The summed E-state index contributed by atoms with van der Waals surface area (Å²) in [6.07, 6.45) is 3.98. The van der Waals surface area contributed by atoms with Crippen LogP contribution < -0.4 is 16.2 Å². The van der Waals surface area contributed by atoms with Crippen molar-refractivity contribution in [3.63, 3.8) is 0 Å². The second kappa shape index (κ2) is 8.84. The Morgan fingerprint density at radius 2 is 1.93 bits per heavy atom. The predicted molar refractivity (Wildman–Crippen MR) is 105 cm³/mol. The molecule has 1 saturated carbocycles. The molecule has 0 bridgehead atoms. The highest BCUT2D eigenvalue weighted by molar-refractivity contribution is 5.99. The summed E-state index contributed by atoms with van der Waals surface area (Å²) in [6.45, 7) is 0.257. The fourth-order valence-corrected chi connectivity index (χ4v) is 3.52. The van der Waals surface area contributed by atoms with Crippen molar-refractivity contribution in [2.24, 2.45) is 0 Å². The molecule has 7 nitrogen and oxygen atoms in total. The van der Waals surface area contributed by atoms with E-state index in [0.717, 1.165) is 24.8 Å².